The van der Waals surface area contributed by atoms with Gasteiger partial charge in [-0.25, -0.2) is 0 Å². The van der Waals surface area contributed by atoms with Gasteiger partial charge < -0.3 is 53.8 Å². The first-order valence-electron chi connectivity index (χ1n) is 11.2. The van der Waals surface area contributed by atoms with Crippen molar-refractivity contribution >= 4 is 41.5 Å². The van der Waals surface area contributed by atoms with Crippen molar-refractivity contribution in [2.24, 2.45) is 11.5 Å². The molecule has 0 unspecified atom stereocenters. The van der Waals surface area contributed by atoms with Crippen molar-refractivity contribution in [1.82, 2.24) is 37.2 Å². The maximum Gasteiger partial charge on any atom is 0.245 e. The predicted molar refractivity (Wildman–Crippen MR) is 127 cm³/mol. The van der Waals surface area contributed by atoms with Crippen molar-refractivity contribution in [3.8, 4) is 0 Å². The maximum atomic E-state index is 12.8. The molecule has 202 valence electrons. The number of carbonyl (C=O) groups excluding carboxylic acids is 5. The summed E-state index contributed by atoms with van der Waals surface area (Å²) < 4.78 is 0. The molecular formula is C19H35N11O6. The molecule has 36 heavy (non-hydrogen) atoms. The summed E-state index contributed by atoms with van der Waals surface area (Å²) in [5.74, 6) is -4.21. The van der Waals surface area contributed by atoms with Crippen LogP contribution in [0.1, 0.15) is 25.7 Å². The molecule has 0 saturated carbocycles. The third-order valence-corrected chi connectivity index (χ3v) is 4.94. The van der Waals surface area contributed by atoms with Crippen LogP contribution in [0.25, 0.3) is 0 Å². The molecule has 17 nitrogen and oxygen atoms in total. The van der Waals surface area contributed by atoms with Crippen molar-refractivity contribution in [3.05, 3.63) is 0 Å². The summed E-state index contributed by atoms with van der Waals surface area (Å²) in [7, 11) is 0. The van der Waals surface area contributed by atoms with Gasteiger partial charge in [-0.3, -0.25) is 34.8 Å². The summed E-state index contributed by atoms with van der Waals surface area (Å²) in [6.07, 6.45) is 0.818. The van der Waals surface area contributed by atoms with E-state index in [9.17, 15) is 29.1 Å². The summed E-state index contributed by atoms with van der Waals surface area (Å²) in [6.45, 7) is -1.24. The van der Waals surface area contributed by atoms with Gasteiger partial charge >= 0.3 is 0 Å². The van der Waals surface area contributed by atoms with Crippen LogP contribution in [-0.2, 0) is 24.0 Å². The molecule has 17 heteroatoms. The van der Waals surface area contributed by atoms with Crippen molar-refractivity contribution in [3.63, 3.8) is 0 Å². The van der Waals surface area contributed by atoms with Gasteiger partial charge in [0.2, 0.25) is 29.5 Å². The van der Waals surface area contributed by atoms with E-state index < -0.39 is 67.4 Å². The highest BCUT2D eigenvalue weighted by molar-refractivity contribution is 5.96. The zero-order valence-corrected chi connectivity index (χ0v) is 19.7. The van der Waals surface area contributed by atoms with E-state index in [2.05, 4.69) is 37.2 Å². The molecule has 0 aliphatic carbocycles. The number of aliphatic hydroxyl groups is 1. The number of guanidine groups is 2. The second-order valence-electron chi connectivity index (χ2n) is 7.88. The lowest BCUT2D eigenvalue weighted by atomic mass is 10.1. The molecule has 14 N–H and O–H groups in total. The summed E-state index contributed by atoms with van der Waals surface area (Å²) >= 11 is 0. The fourth-order valence-electron chi connectivity index (χ4n) is 3.11. The van der Waals surface area contributed by atoms with Gasteiger partial charge in [-0.05, 0) is 25.7 Å². The van der Waals surface area contributed by atoms with E-state index in [1.54, 1.807) is 0 Å². The highest BCUT2D eigenvalue weighted by atomic mass is 16.3. The minimum absolute atomic E-state index is 0.0946. The largest absolute Gasteiger partial charge is 0.394 e. The molecule has 1 heterocycles. The van der Waals surface area contributed by atoms with E-state index in [1.807, 2.05) is 0 Å². The molecule has 0 radical (unpaired) electrons. The Balaban J connectivity index is 3.01. The van der Waals surface area contributed by atoms with Gasteiger partial charge in [0.1, 0.15) is 18.1 Å². The van der Waals surface area contributed by atoms with Crippen molar-refractivity contribution in [1.29, 1.82) is 10.8 Å². The number of nitrogens with two attached hydrogens (primary N) is 2. The lowest BCUT2D eigenvalue weighted by Crippen LogP contribution is -2.58. The van der Waals surface area contributed by atoms with Gasteiger partial charge in [0.15, 0.2) is 11.9 Å². The number of hydrogen-bond acceptors (Lipinski definition) is 8. The minimum atomic E-state index is -1.43. The number of amides is 5. The molecule has 1 fully saturated rings. The maximum absolute atomic E-state index is 12.8. The summed E-state index contributed by atoms with van der Waals surface area (Å²) in [4.78, 5) is 62.5. The number of carbonyl (C=O) groups is 5. The number of rotatable bonds is 9. The Bertz CT molecular complexity index is 817. The van der Waals surface area contributed by atoms with E-state index in [4.69, 9.17) is 22.3 Å². The van der Waals surface area contributed by atoms with Gasteiger partial charge in [0, 0.05) is 13.1 Å². The number of hydrogen-bond donors (Lipinski definition) is 12. The van der Waals surface area contributed by atoms with Gasteiger partial charge in [-0.2, -0.15) is 0 Å². The molecule has 0 aromatic carbocycles. The van der Waals surface area contributed by atoms with Gasteiger partial charge in [-0.1, -0.05) is 0 Å². The lowest BCUT2D eigenvalue weighted by Gasteiger charge is -2.24. The Morgan fingerprint density at radius 2 is 1.22 bits per heavy atom. The minimum Gasteiger partial charge on any atom is -0.394 e. The van der Waals surface area contributed by atoms with Crippen molar-refractivity contribution < 1.29 is 29.1 Å². The predicted octanol–water partition coefficient (Wildman–Crippen LogP) is -5.79. The van der Waals surface area contributed by atoms with Crippen LogP contribution in [0, 0.1) is 10.8 Å². The van der Waals surface area contributed by atoms with Crippen molar-refractivity contribution in [2.75, 3.05) is 32.8 Å². The highest BCUT2D eigenvalue weighted by Gasteiger charge is 2.29. The number of nitrogens with one attached hydrogen (secondary N) is 9. The molecule has 0 bridgehead atoms. The quantitative estimate of drug-likeness (QED) is 0.0787. The second kappa shape index (κ2) is 15.7. The molecule has 0 aromatic heterocycles. The smallest absolute Gasteiger partial charge is 0.245 e. The van der Waals surface area contributed by atoms with E-state index in [0.29, 0.717) is 12.8 Å². The van der Waals surface area contributed by atoms with E-state index in [-0.39, 0.29) is 37.9 Å². The van der Waals surface area contributed by atoms with Gasteiger partial charge in [-0.15, -0.1) is 0 Å². The first-order chi connectivity index (χ1) is 17.0. The Kier molecular flexibility index (Phi) is 13.0. The van der Waals surface area contributed by atoms with E-state index in [0.717, 1.165) is 0 Å². The monoisotopic (exact) mass is 513 g/mol. The molecule has 5 amide bonds. The van der Waals surface area contributed by atoms with Crippen molar-refractivity contribution in [2.45, 2.75) is 43.8 Å². The first kappa shape index (κ1) is 29.9. The zero-order chi connectivity index (χ0) is 27.1. The fraction of sp³-hybridized carbons (Fsp3) is 0.632. The van der Waals surface area contributed by atoms with Crippen LogP contribution in [-0.4, -0.2) is 97.5 Å². The van der Waals surface area contributed by atoms with Crippen LogP contribution in [0.15, 0.2) is 0 Å². The average molecular weight is 514 g/mol. The molecule has 0 spiro atoms. The molecule has 3 atom stereocenters. The Morgan fingerprint density at radius 1 is 0.750 bits per heavy atom. The topological polar surface area (TPSA) is 290 Å². The Morgan fingerprint density at radius 3 is 1.75 bits per heavy atom. The third-order valence-electron chi connectivity index (χ3n) is 4.94. The summed E-state index contributed by atoms with van der Waals surface area (Å²) in [5, 5.41) is 41.1. The molecule has 1 saturated heterocycles. The lowest BCUT2D eigenvalue weighted by molar-refractivity contribution is -0.134. The van der Waals surface area contributed by atoms with Gasteiger partial charge in [0.05, 0.1) is 19.7 Å². The normalized spacial score (nSPS) is 21.9. The molecule has 1 aliphatic heterocycles. The van der Waals surface area contributed by atoms with Crippen LogP contribution in [0.2, 0.25) is 0 Å². The second-order valence-corrected chi connectivity index (χ2v) is 7.88. The molecule has 1 aliphatic rings. The molecule has 1 rings (SSSR count). The van der Waals surface area contributed by atoms with Crippen LogP contribution in [0.4, 0.5) is 0 Å². The summed E-state index contributed by atoms with van der Waals surface area (Å²) in [5.41, 5.74) is 10.4. The zero-order valence-electron chi connectivity index (χ0n) is 19.7. The first-order valence-corrected chi connectivity index (χ1v) is 11.2. The van der Waals surface area contributed by atoms with E-state index in [1.165, 1.54) is 0 Å². The average Bonchev–Trinajstić information content (AvgIpc) is 2.82. The molecule has 0 aromatic rings. The van der Waals surface area contributed by atoms with E-state index >= 15 is 0 Å². The van der Waals surface area contributed by atoms with Gasteiger partial charge in [0.25, 0.3) is 0 Å². The Hall–Kier alpha value is -4.15. The Labute approximate surface area is 207 Å². The summed E-state index contributed by atoms with van der Waals surface area (Å²) in [6, 6.07) is -3.67. The fourth-order valence-corrected chi connectivity index (χ4v) is 3.11. The van der Waals surface area contributed by atoms with Crippen LogP contribution in [0.5, 0.6) is 0 Å². The molecular weight excluding hydrogens is 478 g/mol. The number of aliphatic hydroxyl groups excluding tert-OH is 1. The van der Waals surface area contributed by atoms with Crippen LogP contribution in [0.3, 0.4) is 0 Å². The van der Waals surface area contributed by atoms with Crippen LogP contribution >= 0.6 is 0 Å². The highest BCUT2D eigenvalue weighted by Crippen LogP contribution is 2.02. The van der Waals surface area contributed by atoms with Crippen LogP contribution < -0.4 is 48.7 Å². The standard InChI is InChI=1S/C19H35N11O6/c20-18(21)24-5-1-3-10-15(34)27-7-13(32)26-8-14(33)28-11(4-2-6-25-19(22)23)16(35)30-12(9-31)17(36)29-10/h10-12,31H,1-9H2,(H,26,32)(H,27,34)(H,28,33)(H,29,36)(H,30,35)(H4,20,21,24)(H4,22,23,25)/t10-,11-,12+/m0/s1. The SMILES string of the molecule is N=C(N)NCCC[C@@H]1NC(=O)CNC(=O)CNC(=O)[C@H](CCCNC(=N)N)NC(=O)[C@@H](CO)NC1=O. The third kappa shape index (κ3) is 11.8.